The fraction of sp³-hybridized carbons (Fsp3) is 0.385. The molecule has 1 amide bonds. The second kappa shape index (κ2) is 8.01. The van der Waals surface area contributed by atoms with Gasteiger partial charge in [-0.1, -0.05) is 11.6 Å². The molecule has 0 saturated carbocycles. The molecular weight excluding hydrogens is 300 g/mol. The Balaban J connectivity index is 2.51. The van der Waals surface area contributed by atoms with Gasteiger partial charge in [-0.3, -0.25) is 9.59 Å². The van der Waals surface area contributed by atoms with Gasteiger partial charge >= 0.3 is 5.97 Å². The summed E-state index contributed by atoms with van der Waals surface area (Å²) in [4.78, 5) is 23.2. The highest BCUT2D eigenvalue weighted by Gasteiger charge is 2.16. The fourth-order valence-corrected chi connectivity index (χ4v) is 2.25. The van der Waals surface area contributed by atoms with Crippen molar-refractivity contribution in [3.8, 4) is 0 Å². The van der Waals surface area contributed by atoms with E-state index >= 15 is 0 Å². The summed E-state index contributed by atoms with van der Waals surface area (Å²) < 4.78 is 4.80. The largest absolute Gasteiger partial charge is 0.465 e. The number of nitrogen functional groups attached to an aromatic ring is 1. The standard InChI is InChI=1S/C13H17ClN2O3S/c1-3-19-12(17)7-20-8(2)13(18)16-11-5-4-9(15)6-10(11)14/h4-6,8H,3,7,15H2,1-2H3,(H,16,18). The number of hydrogen-bond acceptors (Lipinski definition) is 5. The van der Waals surface area contributed by atoms with Gasteiger partial charge in [0.2, 0.25) is 5.91 Å². The summed E-state index contributed by atoms with van der Waals surface area (Å²) in [6, 6.07) is 4.85. The highest BCUT2D eigenvalue weighted by atomic mass is 35.5. The molecule has 1 aromatic rings. The van der Waals surface area contributed by atoms with Crippen LogP contribution in [-0.4, -0.2) is 29.5 Å². The lowest BCUT2D eigenvalue weighted by Gasteiger charge is -2.12. The average Bonchev–Trinajstić information content (AvgIpc) is 2.39. The van der Waals surface area contributed by atoms with E-state index in [1.165, 1.54) is 11.8 Å². The van der Waals surface area contributed by atoms with E-state index in [4.69, 9.17) is 22.1 Å². The Morgan fingerprint density at radius 3 is 2.80 bits per heavy atom. The Kier molecular flexibility index (Phi) is 6.67. The second-order valence-electron chi connectivity index (χ2n) is 3.99. The molecule has 0 aliphatic carbocycles. The van der Waals surface area contributed by atoms with Gasteiger partial charge in [0.05, 0.1) is 28.3 Å². The van der Waals surface area contributed by atoms with E-state index in [1.54, 1.807) is 32.0 Å². The first-order valence-electron chi connectivity index (χ1n) is 6.07. The molecule has 0 radical (unpaired) electrons. The van der Waals surface area contributed by atoms with Crippen LogP contribution in [0.15, 0.2) is 18.2 Å². The molecule has 0 aliphatic heterocycles. The summed E-state index contributed by atoms with van der Waals surface area (Å²) in [5, 5.41) is 2.67. The average molecular weight is 317 g/mol. The first-order valence-corrected chi connectivity index (χ1v) is 7.49. The zero-order valence-electron chi connectivity index (χ0n) is 11.3. The molecule has 3 N–H and O–H groups in total. The number of thioether (sulfide) groups is 1. The van der Waals surface area contributed by atoms with Gasteiger partial charge in [-0.25, -0.2) is 0 Å². The molecule has 7 heteroatoms. The van der Waals surface area contributed by atoms with Crippen molar-refractivity contribution in [3.63, 3.8) is 0 Å². The molecule has 0 fully saturated rings. The van der Waals surface area contributed by atoms with Crippen LogP contribution in [0.25, 0.3) is 0 Å². The fourth-order valence-electron chi connectivity index (χ4n) is 1.34. The lowest BCUT2D eigenvalue weighted by Crippen LogP contribution is -2.24. The van der Waals surface area contributed by atoms with Gasteiger partial charge in [-0.15, -0.1) is 11.8 Å². The molecule has 0 saturated heterocycles. The number of carbonyl (C=O) groups excluding carboxylic acids is 2. The van der Waals surface area contributed by atoms with Crippen LogP contribution in [-0.2, 0) is 14.3 Å². The van der Waals surface area contributed by atoms with Crippen LogP contribution in [0.5, 0.6) is 0 Å². The number of rotatable bonds is 6. The third-order valence-corrected chi connectivity index (χ3v) is 3.81. The highest BCUT2D eigenvalue weighted by Crippen LogP contribution is 2.25. The number of ether oxygens (including phenoxy) is 1. The summed E-state index contributed by atoms with van der Waals surface area (Å²) in [6.07, 6.45) is 0. The minimum Gasteiger partial charge on any atom is -0.465 e. The van der Waals surface area contributed by atoms with Gasteiger partial charge in [-0.05, 0) is 32.0 Å². The lowest BCUT2D eigenvalue weighted by molar-refractivity contribution is -0.139. The highest BCUT2D eigenvalue weighted by molar-refractivity contribution is 8.01. The Morgan fingerprint density at radius 2 is 2.20 bits per heavy atom. The monoisotopic (exact) mass is 316 g/mol. The SMILES string of the molecule is CCOC(=O)CSC(C)C(=O)Nc1ccc(N)cc1Cl. The van der Waals surface area contributed by atoms with Crippen molar-refractivity contribution in [3.05, 3.63) is 23.2 Å². The van der Waals surface area contributed by atoms with Gasteiger partial charge < -0.3 is 15.8 Å². The predicted octanol–water partition coefficient (Wildman–Crippen LogP) is 2.55. The van der Waals surface area contributed by atoms with Crippen molar-refractivity contribution in [2.75, 3.05) is 23.4 Å². The maximum atomic E-state index is 11.9. The van der Waals surface area contributed by atoms with Crippen molar-refractivity contribution < 1.29 is 14.3 Å². The molecule has 0 heterocycles. The predicted molar refractivity (Wildman–Crippen MR) is 83.0 cm³/mol. The molecule has 1 aromatic carbocycles. The Hall–Kier alpha value is -1.40. The molecule has 1 atom stereocenters. The topological polar surface area (TPSA) is 81.4 Å². The molecule has 0 aromatic heterocycles. The minimum atomic E-state index is -0.395. The summed E-state index contributed by atoms with van der Waals surface area (Å²) in [7, 11) is 0. The second-order valence-corrected chi connectivity index (χ2v) is 5.72. The first-order chi connectivity index (χ1) is 9.43. The van der Waals surface area contributed by atoms with Crippen molar-refractivity contribution in [1.29, 1.82) is 0 Å². The van der Waals surface area contributed by atoms with Gasteiger partial charge in [0.1, 0.15) is 0 Å². The summed E-state index contributed by atoms with van der Waals surface area (Å²) in [6.45, 7) is 3.78. The maximum absolute atomic E-state index is 11.9. The Morgan fingerprint density at radius 1 is 1.50 bits per heavy atom. The van der Waals surface area contributed by atoms with Crippen LogP contribution >= 0.6 is 23.4 Å². The van der Waals surface area contributed by atoms with Crippen molar-refractivity contribution in [2.45, 2.75) is 19.1 Å². The minimum absolute atomic E-state index is 0.137. The summed E-state index contributed by atoms with van der Waals surface area (Å²) in [5.74, 6) is -0.425. The van der Waals surface area contributed by atoms with Crippen molar-refractivity contribution >= 4 is 46.6 Å². The van der Waals surface area contributed by atoms with E-state index in [0.29, 0.717) is 23.0 Å². The molecule has 1 rings (SSSR count). The molecule has 5 nitrogen and oxygen atoms in total. The molecule has 20 heavy (non-hydrogen) atoms. The number of esters is 1. The number of benzene rings is 1. The maximum Gasteiger partial charge on any atom is 0.315 e. The number of anilines is 2. The quantitative estimate of drug-likeness (QED) is 0.622. The third-order valence-electron chi connectivity index (χ3n) is 2.38. The van der Waals surface area contributed by atoms with E-state index < -0.39 is 5.25 Å². The number of halogens is 1. The number of amides is 1. The molecule has 110 valence electrons. The van der Waals surface area contributed by atoms with E-state index in [2.05, 4.69) is 5.32 Å². The molecule has 1 unspecified atom stereocenters. The number of carbonyl (C=O) groups is 2. The van der Waals surface area contributed by atoms with E-state index in [0.717, 1.165) is 0 Å². The van der Waals surface area contributed by atoms with Crippen molar-refractivity contribution in [2.24, 2.45) is 0 Å². The van der Waals surface area contributed by atoms with Gasteiger partial charge in [0, 0.05) is 5.69 Å². The molecule has 0 bridgehead atoms. The zero-order chi connectivity index (χ0) is 15.1. The van der Waals surface area contributed by atoms with Crippen LogP contribution in [0.2, 0.25) is 5.02 Å². The van der Waals surface area contributed by atoms with E-state index in [1.807, 2.05) is 0 Å². The number of hydrogen-bond donors (Lipinski definition) is 2. The number of nitrogens with one attached hydrogen (secondary N) is 1. The Bertz CT molecular complexity index is 497. The molecule has 0 aliphatic rings. The van der Waals surface area contributed by atoms with E-state index in [9.17, 15) is 9.59 Å². The van der Waals surface area contributed by atoms with Gasteiger partial charge in [-0.2, -0.15) is 0 Å². The first kappa shape index (κ1) is 16.7. The van der Waals surface area contributed by atoms with Crippen LogP contribution in [0, 0.1) is 0 Å². The number of nitrogens with two attached hydrogens (primary N) is 1. The summed E-state index contributed by atoms with van der Waals surface area (Å²) >= 11 is 7.18. The zero-order valence-corrected chi connectivity index (χ0v) is 12.9. The lowest BCUT2D eigenvalue weighted by atomic mass is 10.2. The normalized spacial score (nSPS) is 11.8. The third kappa shape index (κ3) is 5.30. The van der Waals surface area contributed by atoms with Crippen LogP contribution in [0.3, 0.4) is 0 Å². The smallest absolute Gasteiger partial charge is 0.315 e. The molecular formula is C13H17ClN2O3S. The Labute approximate surface area is 127 Å². The van der Waals surface area contributed by atoms with Gasteiger partial charge in [0.25, 0.3) is 0 Å². The molecule has 0 spiro atoms. The van der Waals surface area contributed by atoms with Crippen LogP contribution < -0.4 is 11.1 Å². The summed E-state index contributed by atoms with van der Waals surface area (Å²) in [5.41, 5.74) is 6.60. The van der Waals surface area contributed by atoms with Crippen LogP contribution in [0.4, 0.5) is 11.4 Å². The van der Waals surface area contributed by atoms with Gasteiger partial charge in [0.15, 0.2) is 0 Å². The van der Waals surface area contributed by atoms with Crippen LogP contribution in [0.1, 0.15) is 13.8 Å². The van der Waals surface area contributed by atoms with E-state index in [-0.39, 0.29) is 17.6 Å². The van der Waals surface area contributed by atoms with Crippen molar-refractivity contribution in [1.82, 2.24) is 0 Å².